The smallest absolute Gasteiger partial charge is 0.256 e. The number of benzene rings is 4. The van der Waals surface area contributed by atoms with E-state index in [2.05, 4.69) is 102 Å². The maximum Gasteiger partial charge on any atom is 0.256 e. The lowest BCUT2D eigenvalue weighted by molar-refractivity contribution is -0.00000609. The van der Waals surface area contributed by atoms with Crippen LogP contribution >= 0.6 is 7.26 Å². The summed E-state index contributed by atoms with van der Waals surface area (Å²) in [5, 5.41) is 5.63. The van der Waals surface area contributed by atoms with Crippen molar-refractivity contribution in [1.29, 1.82) is 0 Å². The van der Waals surface area contributed by atoms with Crippen molar-refractivity contribution in [1.82, 2.24) is 4.98 Å². The van der Waals surface area contributed by atoms with Crippen LogP contribution in [0.1, 0.15) is 5.69 Å². The minimum atomic E-state index is -2.04. The zero-order valence-corrected chi connectivity index (χ0v) is 20.0. The molecule has 0 radical (unpaired) electrons. The molecule has 32 heavy (non-hydrogen) atoms. The average molecular weight is 500 g/mol. The van der Waals surface area contributed by atoms with E-state index >= 15 is 0 Å². The third-order valence-corrected chi connectivity index (χ3v) is 10.2. The molecule has 0 fully saturated rings. The largest absolute Gasteiger partial charge is 1.00 e. The Morgan fingerprint density at radius 1 is 0.594 bits per heavy atom. The van der Waals surface area contributed by atoms with Crippen LogP contribution in [0.3, 0.4) is 0 Å². The van der Waals surface area contributed by atoms with Crippen molar-refractivity contribution in [3.8, 4) is 0 Å². The number of fused-ring (bicyclic) bond motifs is 1. The normalized spacial score (nSPS) is 11.1. The van der Waals surface area contributed by atoms with Gasteiger partial charge < -0.3 is 22.0 Å². The fourth-order valence-corrected chi connectivity index (χ4v) is 8.54. The molecule has 4 heteroatoms. The monoisotopic (exact) mass is 499 g/mol. The molecule has 0 aliphatic carbocycles. The molecule has 158 valence electrons. The van der Waals surface area contributed by atoms with E-state index in [4.69, 9.17) is 0 Å². The Bertz CT molecular complexity index is 1270. The third kappa shape index (κ3) is 4.07. The van der Waals surface area contributed by atoms with Gasteiger partial charge in [0.25, 0.3) is 5.56 Å². The van der Waals surface area contributed by atoms with Crippen LogP contribution < -0.4 is 38.5 Å². The Hall–Kier alpha value is -3.00. The van der Waals surface area contributed by atoms with Gasteiger partial charge in [-0.1, -0.05) is 72.8 Å². The van der Waals surface area contributed by atoms with Gasteiger partial charge in [-0.15, -0.1) is 0 Å². The molecule has 0 amide bonds. The first-order valence-electron chi connectivity index (χ1n) is 10.4. The quantitative estimate of drug-likeness (QED) is 0.369. The van der Waals surface area contributed by atoms with Gasteiger partial charge in [0.2, 0.25) is 0 Å². The summed E-state index contributed by atoms with van der Waals surface area (Å²) in [5.74, 6) is 0. The van der Waals surface area contributed by atoms with E-state index in [1.54, 1.807) is 0 Å². The van der Waals surface area contributed by atoms with Gasteiger partial charge in [-0.2, -0.15) is 0 Å². The summed E-state index contributed by atoms with van der Waals surface area (Å²) in [5.41, 5.74) is 0.939. The van der Waals surface area contributed by atoms with Crippen molar-refractivity contribution in [2.75, 3.05) is 0 Å². The first-order valence-corrected chi connectivity index (χ1v) is 12.4. The van der Waals surface area contributed by atoms with E-state index in [-0.39, 0.29) is 22.5 Å². The number of hydrogen-bond donors (Lipinski definition) is 1. The van der Waals surface area contributed by atoms with Crippen molar-refractivity contribution in [3.63, 3.8) is 0 Å². The van der Waals surface area contributed by atoms with E-state index < -0.39 is 7.26 Å². The first kappa shape index (κ1) is 22.2. The number of hydrogen-bond acceptors (Lipinski definition) is 1. The third-order valence-electron chi connectivity index (χ3n) is 5.81. The van der Waals surface area contributed by atoms with E-state index in [9.17, 15) is 4.79 Å². The summed E-state index contributed by atoms with van der Waals surface area (Å²) in [4.78, 5) is 16.0. The van der Waals surface area contributed by atoms with Gasteiger partial charge >= 0.3 is 0 Å². The Kier molecular flexibility index (Phi) is 6.69. The summed E-state index contributed by atoms with van der Waals surface area (Å²) >= 11 is 0. The van der Waals surface area contributed by atoms with Gasteiger partial charge in [0.15, 0.2) is 0 Å². The van der Waals surface area contributed by atoms with Crippen LogP contribution in [-0.4, -0.2) is 4.98 Å². The number of aromatic nitrogens is 1. The van der Waals surface area contributed by atoms with E-state index in [0.717, 1.165) is 22.6 Å². The molecule has 0 aliphatic heterocycles. The van der Waals surface area contributed by atoms with Crippen molar-refractivity contribution in [2.45, 2.75) is 6.16 Å². The minimum Gasteiger partial charge on any atom is -1.00 e. The molecule has 0 unspecified atom stereocenters. The minimum absolute atomic E-state index is 0. The zero-order valence-electron chi connectivity index (χ0n) is 17.5. The fourth-order valence-electron chi connectivity index (χ4n) is 4.38. The number of rotatable bonds is 5. The van der Waals surface area contributed by atoms with Crippen molar-refractivity contribution < 1.29 is 17.0 Å². The number of H-pyrrole nitrogens is 1. The van der Waals surface area contributed by atoms with Gasteiger partial charge in [-0.25, -0.2) is 0 Å². The molecule has 1 heterocycles. The lowest BCUT2D eigenvalue weighted by Gasteiger charge is -2.27. The first-order chi connectivity index (χ1) is 15.3. The maximum atomic E-state index is 12.9. The molecular weight excluding hydrogens is 477 g/mol. The maximum absolute atomic E-state index is 12.9. The Labute approximate surface area is 199 Å². The average Bonchev–Trinajstić information content (AvgIpc) is 2.84. The highest BCUT2D eigenvalue weighted by molar-refractivity contribution is 7.95. The lowest BCUT2D eigenvalue weighted by Crippen LogP contribution is -3.00. The molecule has 5 rings (SSSR count). The van der Waals surface area contributed by atoms with Crippen LogP contribution in [0.5, 0.6) is 0 Å². The molecule has 1 aromatic heterocycles. The van der Waals surface area contributed by atoms with Gasteiger partial charge in [0.1, 0.15) is 29.3 Å². The second kappa shape index (κ2) is 9.65. The number of nitrogens with one attached hydrogen (secondary N) is 1. The molecule has 0 atom stereocenters. The molecule has 2 nitrogen and oxygen atoms in total. The molecule has 0 aliphatic rings. The highest BCUT2D eigenvalue weighted by atomic mass is 79.9. The second-order valence-corrected chi connectivity index (χ2v) is 11.2. The van der Waals surface area contributed by atoms with Crippen LogP contribution in [0, 0.1) is 0 Å². The Morgan fingerprint density at radius 2 is 1.03 bits per heavy atom. The predicted octanol–water partition coefficient (Wildman–Crippen LogP) is 2.03. The predicted molar refractivity (Wildman–Crippen MR) is 133 cm³/mol. The van der Waals surface area contributed by atoms with E-state index in [0.29, 0.717) is 0 Å². The Morgan fingerprint density at radius 3 is 1.53 bits per heavy atom. The Balaban J connectivity index is 0.00000245. The molecular formula is C28H23BrNOP. The van der Waals surface area contributed by atoms with Crippen LogP contribution in [0.2, 0.25) is 0 Å². The second-order valence-electron chi connectivity index (χ2n) is 7.69. The molecule has 0 spiro atoms. The molecule has 0 bridgehead atoms. The van der Waals surface area contributed by atoms with Gasteiger partial charge in [-0.05, 0) is 53.9 Å². The van der Waals surface area contributed by atoms with E-state index in [1.807, 2.05) is 24.3 Å². The van der Waals surface area contributed by atoms with Gasteiger partial charge in [0.05, 0.1) is 5.69 Å². The number of aromatic amines is 1. The van der Waals surface area contributed by atoms with Gasteiger partial charge in [0, 0.05) is 5.39 Å². The summed E-state index contributed by atoms with van der Waals surface area (Å²) in [7, 11) is -2.04. The van der Waals surface area contributed by atoms with Crippen LogP contribution in [-0.2, 0) is 6.16 Å². The molecule has 1 N–H and O–H groups in total. The summed E-state index contributed by atoms with van der Waals surface area (Å²) in [6.07, 6.45) is 0.755. The topological polar surface area (TPSA) is 32.9 Å². The number of pyridine rings is 1. The lowest BCUT2D eigenvalue weighted by atomic mass is 10.1. The molecule has 4 aromatic carbocycles. The fraction of sp³-hybridized carbons (Fsp3) is 0.0357. The molecule has 5 aromatic rings. The van der Waals surface area contributed by atoms with Crippen molar-refractivity contribution >= 4 is 33.9 Å². The molecule has 0 saturated carbocycles. The van der Waals surface area contributed by atoms with Crippen LogP contribution in [0.4, 0.5) is 0 Å². The van der Waals surface area contributed by atoms with E-state index in [1.165, 1.54) is 15.9 Å². The van der Waals surface area contributed by atoms with Gasteiger partial charge in [-0.3, -0.25) is 4.79 Å². The molecule has 0 saturated heterocycles. The standard InChI is InChI=1S/C28H22NOP.BrH/c30-28-27-19-11-10-12-22(27)20-23(29-28)21-31(24-13-4-1-5-14-24,25-15-6-2-7-16-25)26-17-8-3-9-18-26;/h1-20H,21H2;1H. The van der Waals surface area contributed by atoms with Crippen LogP contribution in [0.15, 0.2) is 126 Å². The van der Waals surface area contributed by atoms with Crippen molar-refractivity contribution in [3.05, 3.63) is 137 Å². The summed E-state index contributed by atoms with van der Waals surface area (Å²) < 4.78 is 0. The summed E-state index contributed by atoms with van der Waals surface area (Å²) in [6.45, 7) is 0. The summed E-state index contributed by atoms with van der Waals surface area (Å²) in [6, 6.07) is 42.2. The highest BCUT2D eigenvalue weighted by Crippen LogP contribution is 2.57. The number of halogens is 1. The SMILES string of the molecule is O=c1[nH]c(C[P+](c2ccccc2)(c2ccccc2)c2ccccc2)cc2ccccc12.[Br-]. The van der Waals surface area contributed by atoms with Crippen molar-refractivity contribution in [2.24, 2.45) is 0 Å². The highest BCUT2D eigenvalue weighted by Gasteiger charge is 2.45. The zero-order chi connectivity index (χ0) is 21.1. The van der Waals surface area contributed by atoms with Crippen LogP contribution in [0.25, 0.3) is 10.8 Å².